The number of hydrogen-bond acceptors (Lipinski definition) is 1. The molecule has 0 amide bonds. The Morgan fingerprint density at radius 3 is 2.18 bits per heavy atom. The van der Waals surface area contributed by atoms with Crippen molar-refractivity contribution in [2.24, 2.45) is 11.8 Å². The van der Waals surface area contributed by atoms with Crippen molar-refractivity contribution >= 4 is 5.78 Å². The molecule has 1 rings (SSSR count). The van der Waals surface area contributed by atoms with E-state index in [1.54, 1.807) is 12.1 Å². The molecule has 3 heteroatoms. The highest BCUT2D eigenvalue weighted by Gasteiger charge is 2.33. The Bertz CT molecular complexity index is 457. The van der Waals surface area contributed by atoms with Crippen LogP contribution >= 0.6 is 0 Å². The van der Waals surface area contributed by atoms with Gasteiger partial charge >= 0.3 is 0 Å². The zero-order chi connectivity index (χ0) is 16.8. The van der Waals surface area contributed by atoms with Crippen molar-refractivity contribution in [1.82, 2.24) is 0 Å². The number of alkyl halides is 2. The van der Waals surface area contributed by atoms with Gasteiger partial charge in [-0.15, -0.1) is 0 Å². The predicted octanol–water partition coefficient (Wildman–Crippen LogP) is 5.92. The van der Waals surface area contributed by atoms with E-state index in [-0.39, 0.29) is 11.7 Å². The maximum atomic E-state index is 13.8. The van der Waals surface area contributed by atoms with Crippen LogP contribution in [-0.4, -0.2) is 11.7 Å². The first-order valence-corrected chi connectivity index (χ1v) is 8.26. The quantitative estimate of drug-likeness (QED) is 0.409. The Morgan fingerprint density at radius 2 is 1.73 bits per heavy atom. The summed E-state index contributed by atoms with van der Waals surface area (Å²) in [6, 6.07) is 7.14. The summed E-state index contributed by atoms with van der Waals surface area (Å²) in [5, 5.41) is 0. The topological polar surface area (TPSA) is 17.1 Å². The number of ketones is 1. The molecule has 0 aliphatic carbocycles. The number of Topliss-reactive ketones (excluding diaryl/α,β-unsaturated/α-hetero) is 1. The number of halogens is 2. The van der Waals surface area contributed by atoms with Gasteiger partial charge in [0, 0.05) is 17.4 Å². The molecule has 0 fully saturated rings. The highest BCUT2D eigenvalue weighted by Crippen LogP contribution is 2.31. The van der Waals surface area contributed by atoms with Gasteiger partial charge in [0.05, 0.1) is 0 Å². The van der Waals surface area contributed by atoms with Crippen molar-refractivity contribution in [1.29, 1.82) is 0 Å². The summed E-state index contributed by atoms with van der Waals surface area (Å²) >= 11 is 0. The van der Waals surface area contributed by atoms with E-state index in [1.807, 2.05) is 26.0 Å². The molecule has 124 valence electrons. The number of rotatable bonds is 9. The molecule has 1 aromatic rings. The molecule has 1 aromatic carbocycles. The van der Waals surface area contributed by atoms with Crippen LogP contribution in [0.5, 0.6) is 0 Å². The van der Waals surface area contributed by atoms with E-state index in [0.29, 0.717) is 18.4 Å². The summed E-state index contributed by atoms with van der Waals surface area (Å²) in [6.45, 7) is 6.80. The summed E-state index contributed by atoms with van der Waals surface area (Å²) in [7, 11) is 0. The fourth-order valence-electron chi connectivity index (χ4n) is 2.60. The van der Waals surface area contributed by atoms with Crippen LogP contribution in [0.15, 0.2) is 24.3 Å². The van der Waals surface area contributed by atoms with Crippen molar-refractivity contribution in [3.8, 4) is 0 Å². The Kier molecular flexibility index (Phi) is 7.18. The Morgan fingerprint density at radius 1 is 1.14 bits per heavy atom. The average Bonchev–Trinajstić information content (AvgIpc) is 2.45. The number of carbonyl (C=O) groups excluding carboxylic acids is 1. The maximum absolute atomic E-state index is 13.8. The van der Waals surface area contributed by atoms with Gasteiger partial charge < -0.3 is 0 Å². The van der Waals surface area contributed by atoms with Gasteiger partial charge in [0.15, 0.2) is 5.78 Å². The zero-order valence-corrected chi connectivity index (χ0v) is 14.2. The van der Waals surface area contributed by atoms with E-state index in [4.69, 9.17) is 0 Å². The second kappa shape index (κ2) is 8.40. The van der Waals surface area contributed by atoms with Gasteiger partial charge in [-0.2, -0.15) is 0 Å². The van der Waals surface area contributed by atoms with Crippen LogP contribution in [0.1, 0.15) is 69.3 Å². The van der Waals surface area contributed by atoms with Crippen molar-refractivity contribution in [2.45, 2.75) is 65.7 Å². The molecule has 0 saturated carbocycles. The number of unbranched alkanes of at least 4 members (excludes halogenated alkanes) is 2. The van der Waals surface area contributed by atoms with E-state index >= 15 is 0 Å². The van der Waals surface area contributed by atoms with Crippen molar-refractivity contribution in [3.63, 3.8) is 0 Å². The summed E-state index contributed by atoms with van der Waals surface area (Å²) in [5.41, 5.74) is 1.54. The summed E-state index contributed by atoms with van der Waals surface area (Å²) < 4.78 is 27.5. The third kappa shape index (κ3) is 5.86. The first-order chi connectivity index (χ1) is 10.3. The molecule has 0 N–H and O–H groups in total. The molecule has 1 unspecified atom stereocenters. The van der Waals surface area contributed by atoms with Crippen LogP contribution < -0.4 is 0 Å². The van der Waals surface area contributed by atoms with Gasteiger partial charge in [0.1, 0.15) is 0 Å². The molecule has 0 radical (unpaired) electrons. The lowest BCUT2D eigenvalue weighted by molar-refractivity contribution is -0.0434. The van der Waals surface area contributed by atoms with Crippen LogP contribution in [0.4, 0.5) is 8.78 Å². The lowest BCUT2D eigenvalue weighted by Gasteiger charge is -2.24. The molecule has 0 aliphatic rings. The number of hydrogen-bond donors (Lipinski definition) is 0. The molecule has 1 atom stereocenters. The van der Waals surface area contributed by atoms with Gasteiger partial charge in [-0.25, -0.2) is 8.78 Å². The zero-order valence-electron chi connectivity index (χ0n) is 14.2. The average molecular weight is 310 g/mol. The van der Waals surface area contributed by atoms with E-state index in [2.05, 4.69) is 6.92 Å². The normalized spacial score (nSPS) is 13.4. The molecule has 0 aliphatic heterocycles. The van der Waals surface area contributed by atoms with Gasteiger partial charge in [-0.05, 0) is 25.3 Å². The molecule has 0 bridgehead atoms. The van der Waals surface area contributed by atoms with Crippen LogP contribution in [0, 0.1) is 11.8 Å². The van der Waals surface area contributed by atoms with Gasteiger partial charge in [-0.3, -0.25) is 4.79 Å². The molecule has 0 spiro atoms. The summed E-state index contributed by atoms with van der Waals surface area (Å²) in [4.78, 5) is 11.9. The SMILES string of the molecule is CCCCCC(Cc1ccc(C(=O)C(C)C)cc1)C(C)(F)F. The highest BCUT2D eigenvalue weighted by atomic mass is 19.3. The van der Waals surface area contributed by atoms with E-state index in [1.165, 1.54) is 0 Å². The molecule has 0 saturated heterocycles. The lowest BCUT2D eigenvalue weighted by atomic mass is 9.88. The second-order valence-corrected chi connectivity index (χ2v) is 6.57. The van der Waals surface area contributed by atoms with Crippen LogP contribution in [-0.2, 0) is 6.42 Å². The Hall–Kier alpha value is -1.25. The van der Waals surface area contributed by atoms with Gasteiger partial charge in [0.2, 0.25) is 5.92 Å². The lowest BCUT2D eigenvalue weighted by Crippen LogP contribution is -2.26. The standard InChI is InChI=1S/C19H28F2O/c1-5-6-7-8-17(19(4,20)21)13-15-9-11-16(12-10-15)18(22)14(2)3/h9-12,14,17H,5-8,13H2,1-4H3. The molecular weight excluding hydrogens is 282 g/mol. The van der Waals surface area contributed by atoms with Crippen molar-refractivity contribution < 1.29 is 13.6 Å². The van der Waals surface area contributed by atoms with Gasteiger partial charge in [0.25, 0.3) is 0 Å². The third-order valence-electron chi connectivity index (χ3n) is 4.12. The number of benzene rings is 1. The van der Waals surface area contributed by atoms with Crippen molar-refractivity contribution in [3.05, 3.63) is 35.4 Å². The highest BCUT2D eigenvalue weighted by molar-refractivity contribution is 5.97. The van der Waals surface area contributed by atoms with Crippen molar-refractivity contribution in [2.75, 3.05) is 0 Å². The minimum Gasteiger partial charge on any atom is -0.294 e. The van der Waals surface area contributed by atoms with E-state index < -0.39 is 11.8 Å². The minimum absolute atomic E-state index is 0.0485. The smallest absolute Gasteiger partial charge is 0.248 e. The first-order valence-electron chi connectivity index (χ1n) is 8.26. The van der Waals surface area contributed by atoms with E-state index in [0.717, 1.165) is 31.7 Å². The molecule has 0 heterocycles. The summed E-state index contributed by atoms with van der Waals surface area (Å²) in [5.74, 6) is -3.26. The van der Waals surface area contributed by atoms with Crippen LogP contribution in [0.25, 0.3) is 0 Å². The number of carbonyl (C=O) groups is 1. The van der Waals surface area contributed by atoms with Gasteiger partial charge in [-0.1, -0.05) is 64.3 Å². The monoisotopic (exact) mass is 310 g/mol. The molecular formula is C19H28F2O. The van der Waals surface area contributed by atoms with Crippen LogP contribution in [0.2, 0.25) is 0 Å². The maximum Gasteiger partial charge on any atom is 0.248 e. The Labute approximate surface area is 133 Å². The van der Waals surface area contributed by atoms with Crippen LogP contribution in [0.3, 0.4) is 0 Å². The second-order valence-electron chi connectivity index (χ2n) is 6.57. The summed E-state index contributed by atoms with van der Waals surface area (Å²) in [6.07, 6.45) is 3.78. The largest absolute Gasteiger partial charge is 0.294 e. The third-order valence-corrected chi connectivity index (χ3v) is 4.12. The minimum atomic E-state index is -2.67. The molecule has 1 nitrogen and oxygen atoms in total. The Balaban J connectivity index is 2.75. The molecule has 22 heavy (non-hydrogen) atoms. The first kappa shape index (κ1) is 18.8. The fraction of sp³-hybridized carbons (Fsp3) is 0.632. The molecule has 0 aromatic heterocycles. The van der Waals surface area contributed by atoms with E-state index in [9.17, 15) is 13.6 Å². The predicted molar refractivity (Wildman–Crippen MR) is 87.6 cm³/mol. The fourth-order valence-corrected chi connectivity index (χ4v) is 2.60.